The minimum atomic E-state index is -0.939. The summed E-state index contributed by atoms with van der Waals surface area (Å²) < 4.78 is 5.83. The molecule has 4 nitrogen and oxygen atoms in total. The largest absolute Gasteiger partial charge is 0.478 e. The van der Waals surface area contributed by atoms with Crippen LogP contribution in [0.1, 0.15) is 32.3 Å². The number of para-hydroxylation sites is 1. The second kappa shape index (κ2) is 8.66. The van der Waals surface area contributed by atoms with Crippen LogP contribution >= 0.6 is 11.6 Å². The van der Waals surface area contributed by atoms with Gasteiger partial charge in [-0.15, -0.1) is 0 Å². The molecule has 0 aromatic heterocycles. The quantitative estimate of drug-likeness (QED) is 0.714. The first-order chi connectivity index (χ1) is 13.0. The van der Waals surface area contributed by atoms with Gasteiger partial charge in [-0.2, -0.15) is 0 Å². The number of carbonyl (C=O) groups is 1. The molecule has 27 heavy (non-hydrogen) atoms. The molecule has 1 aliphatic rings. The molecule has 0 unspecified atom stereocenters. The second-order valence-electron chi connectivity index (χ2n) is 7.40. The fraction of sp³-hybridized carbons (Fsp3) is 0.409. The number of rotatable bonds is 7. The fourth-order valence-electron chi connectivity index (χ4n) is 3.37. The van der Waals surface area contributed by atoms with Crippen molar-refractivity contribution in [3.05, 3.63) is 59.1 Å². The zero-order chi connectivity index (χ0) is 19.3. The highest BCUT2D eigenvalue weighted by Crippen LogP contribution is 2.26. The van der Waals surface area contributed by atoms with Gasteiger partial charge in [-0.1, -0.05) is 29.8 Å². The molecule has 1 heterocycles. The molecule has 1 N–H and O–H groups in total. The third-order valence-electron chi connectivity index (χ3n) is 4.83. The Morgan fingerprint density at radius 1 is 1.19 bits per heavy atom. The molecule has 2 aromatic carbocycles. The number of nitrogens with zero attached hydrogens (tertiary/aromatic N) is 1. The molecule has 0 radical (unpaired) electrons. The van der Waals surface area contributed by atoms with Crippen LogP contribution in [0.5, 0.6) is 5.75 Å². The van der Waals surface area contributed by atoms with Crippen LogP contribution in [0.15, 0.2) is 48.5 Å². The monoisotopic (exact) mass is 386 g/mol. The molecule has 3 rings (SSSR count). The van der Waals surface area contributed by atoms with Gasteiger partial charge in [-0.25, -0.2) is 0 Å². The number of aryl methyl sites for hydroxylation is 1. The molecule has 0 spiro atoms. The third kappa shape index (κ3) is 5.16. The van der Waals surface area contributed by atoms with Crippen molar-refractivity contribution in [3.8, 4) is 5.75 Å². The summed E-state index contributed by atoms with van der Waals surface area (Å²) in [5, 5.41) is 3.64. The number of hydrogen-bond donors (Lipinski definition) is 1. The normalized spacial score (nSPS) is 13.8. The zero-order valence-corrected chi connectivity index (χ0v) is 16.8. The molecule has 144 valence electrons. The van der Waals surface area contributed by atoms with Gasteiger partial charge in [0.25, 0.3) is 5.91 Å². The van der Waals surface area contributed by atoms with Crippen molar-refractivity contribution in [2.24, 2.45) is 0 Å². The average molecular weight is 387 g/mol. The maximum absolute atomic E-state index is 12.5. The van der Waals surface area contributed by atoms with Crippen LogP contribution in [0, 0.1) is 0 Å². The van der Waals surface area contributed by atoms with Gasteiger partial charge >= 0.3 is 0 Å². The molecule has 0 fully saturated rings. The summed E-state index contributed by atoms with van der Waals surface area (Å²) in [6.07, 6.45) is 3.24. The van der Waals surface area contributed by atoms with Crippen LogP contribution in [-0.4, -0.2) is 31.1 Å². The molecule has 0 bridgehead atoms. The third-order valence-corrected chi connectivity index (χ3v) is 5.08. The van der Waals surface area contributed by atoms with E-state index in [2.05, 4.69) is 34.5 Å². The number of ether oxygens (including phenoxy) is 1. The van der Waals surface area contributed by atoms with Gasteiger partial charge in [-0.3, -0.25) is 4.79 Å². The van der Waals surface area contributed by atoms with E-state index in [4.69, 9.17) is 16.3 Å². The van der Waals surface area contributed by atoms with Crippen LogP contribution in [0.3, 0.4) is 0 Å². The second-order valence-corrected chi connectivity index (χ2v) is 7.83. The SMILES string of the molecule is CC(C)(Oc1ccc(Cl)cc1)C(=O)NCCCN1CCCc2ccccc21. The molecule has 1 aliphatic heterocycles. The first kappa shape index (κ1) is 19.6. The van der Waals surface area contributed by atoms with Crippen molar-refractivity contribution >= 4 is 23.2 Å². The van der Waals surface area contributed by atoms with Crippen LogP contribution < -0.4 is 15.0 Å². The number of benzene rings is 2. The Morgan fingerprint density at radius 3 is 2.70 bits per heavy atom. The van der Waals surface area contributed by atoms with Crippen molar-refractivity contribution in [1.82, 2.24) is 5.32 Å². The van der Waals surface area contributed by atoms with Crippen LogP contribution in [0.25, 0.3) is 0 Å². The van der Waals surface area contributed by atoms with E-state index >= 15 is 0 Å². The first-order valence-corrected chi connectivity index (χ1v) is 9.89. The van der Waals surface area contributed by atoms with Crippen molar-refractivity contribution in [2.75, 3.05) is 24.5 Å². The van der Waals surface area contributed by atoms with E-state index in [9.17, 15) is 4.79 Å². The molecule has 1 amide bonds. The van der Waals surface area contributed by atoms with Gasteiger partial charge < -0.3 is 15.0 Å². The first-order valence-electron chi connectivity index (χ1n) is 9.51. The lowest BCUT2D eigenvalue weighted by Gasteiger charge is -2.31. The molecule has 0 saturated heterocycles. The number of fused-ring (bicyclic) bond motifs is 1. The Hall–Kier alpha value is -2.20. The Labute approximate surface area is 166 Å². The van der Waals surface area contributed by atoms with Crippen LogP contribution in [0.4, 0.5) is 5.69 Å². The number of hydrogen-bond acceptors (Lipinski definition) is 3. The highest BCUT2D eigenvalue weighted by Gasteiger charge is 2.29. The number of amides is 1. The predicted molar refractivity (Wildman–Crippen MR) is 111 cm³/mol. The van der Waals surface area contributed by atoms with E-state index in [-0.39, 0.29) is 5.91 Å². The zero-order valence-electron chi connectivity index (χ0n) is 16.0. The highest BCUT2D eigenvalue weighted by molar-refractivity contribution is 6.30. The number of carbonyl (C=O) groups excluding carboxylic acids is 1. The Kier molecular flexibility index (Phi) is 6.27. The Balaban J connectivity index is 1.46. The lowest BCUT2D eigenvalue weighted by Crippen LogP contribution is -2.47. The standard InChI is InChI=1S/C22H27ClN2O2/c1-22(2,27-19-12-10-18(23)11-13-19)21(26)24-14-6-16-25-15-5-8-17-7-3-4-9-20(17)25/h3-4,7,9-13H,5-6,8,14-16H2,1-2H3,(H,24,26). The maximum Gasteiger partial charge on any atom is 0.263 e. The number of nitrogens with one attached hydrogen (secondary N) is 1. The van der Waals surface area contributed by atoms with Gasteiger partial charge in [0.2, 0.25) is 0 Å². The fourth-order valence-corrected chi connectivity index (χ4v) is 3.50. The molecular formula is C22H27ClN2O2. The molecule has 2 aromatic rings. The number of halogens is 1. The van der Waals surface area contributed by atoms with E-state index in [1.54, 1.807) is 38.1 Å². The Morgan fingerprint density at radius 2 is 1.93 bits per heavy atom. The van der Waals surface area contributed by atoms with Gasteiger partial charge in [0.1, 0.15) is 5.75 Å². The molecule has 0 aliphatic carbocycles. The smallest absolute Gasteiger partial charge is 0.263 e. The summed E-state index contributed by atoms with van der Waals surface area (Å²) in [6.45, 7) is 6.20. The predicted octanol–water partition coefficient (Wildman–Crippen LogP) is 4.46. The van der Waals surface area contributed by atoms with Crippen LogP contribution in [0.2, 0.25) is 5.02 Å². The average Bonchev–Trinajstić information content (AvgIpc) is 2.66. The van der Waals surface area contributed by atoms with E-state index in [1.165, 1.54) is 17.7 Å². The minimum absolute atomic E-state index is 0.114. The van der Waals surface area contributed by atoms with Crippen molar-refractivity contribution in [3.63, 3.8) is 0 Å². The maximum atomic E-state index is 12.5. The van der Waals surface area contributed by atoms with Gasteiger partial charge in [-0.05, 0) is 69.0 Å². The molecule has 0 saturated carbocycles. The van der Waals surface area contributed by atoms with Crippen molar-refractivity contribution < 1.29 is 9.53 Å². The van der Waals surface area contributed by atoms with Crippen molar-refractivity contribution in [1.29, 1.82) is 0 Å². The van der Waals surface area contributed by atoms with E-state index in [0.717, 1.165) is 25.9 Å². The highest BCUT2D eigenvalue weighted by atomic mass is 35.5. The summed E-state index contributed by atoms with van der Waals surface area (Å²) in [5.41, 5.74) is 1.82. The minimum Gasteiger partial charge on any atom is -0.478 e. The molecule has 5 heteroatoms. The lowest BCUT2D eigenvalue weighted by atomic mass is 10.0. The van der Waals surface area contributed by atoms with Gasteiger partial charge in [0.05, 0.1) is 0 Å². The molecule has 0 atom stereocenters. The van der Waals surface area contributed by atoms with E-state index in [0.29, 0.717) is 17.3 Å². The Bertz CT molecular complexity index is 774. The van der Waals surface area contributed by atoms with E-state index < -0.39 is 5.60 Å². The topological polar surface area (TPSA) is 41.6 Å². The summed E-state index contributed by atoms with van der Waals surface area (Å²) >= 11 is 5.89. The summed E-state index contributed by atoms with van der Waals surface area (Å²) in [6, 6.07) is 15.6. The van der Waals surface area contributed by atoms with E-state index in [1.807, 2.05) is 0 Å². The van der Waals surface area contributed by atoms with Gasteiger partial charge in [0, 0.05) is 30.3 Å². The number of anilines is 1. The van der Waals surface area contributed by atoms with Crippen LogP contribution in [-0.2, 0) is 11.2 Å². The van der Waals surface area contributed by atoms with Gasteiger partial charge in [0.15, 0.2) is 5.60 Å². The lowest BCUT2D eigenvalue weighted by molar-refractivity contribution is -0.134. The van der Waals surface area contributed by atoms with Crippen molar-refractivity contribution in [2.45, 2.75) is 38.7 Å². The molecular weight excluding hydrogens is 360 g/mol. The summed E-state index contributed by atoms with van der Waals surface area (Å²) in [4.78, 5) is 14.9. The summed E-state index contributed by atoms with van der Waals surface area (Å²) in [7, 11) is 0. The summed E-state index contributed by atoms with van der Waals surface area (Å²) in [5.74, 6) is 0.515.